The van der Waals surface area contributed by atoms with E-state index >= 15 is 0 Å². The maximum absolute atomic E-state index is 12.8. The SMILES string of the molecule is Fc1ccc(C2CCC(/C=C/Cl)CC2)cc1. The Kier molecular flexibility index (Phi) is 4.00. The van der Waals surface area contributed by atoms with Crippen LogP contribution in [0.4, 0.5) is 4.39 Å². The number of halogens is 2. The summed E-state index contributed by atoms with van der Waals surface area (Å²) in [4.78, 5) is 0. The normalized spacial score (nSPS) is 26.1. The number of rotatable bonds is 2. The number of allylic oxidation sites excluding steroid dienone is 1. The molecule has 2 rings (SSSR count). The molecule has 0 saturated heterocycles. The van der Waals surface area contributed by atoms with E-state index in [1.54, 1.807) is 17.7 Å². The summed E-state index contributed by atoms with van der Waals surface area (Å²) in [5.74, 6) is 1.08. The first-order valence-electron chi connectivity index (χ1n) is 5.82. The van der Waals surface area contributed by atoms with Crippen LogP contribution < -0.4 is 0 Å². The van der Waals surface area contributed by atoms with Crippen LogP contribution in [0.2, 0.25) is 0 Å². The molecule has 0 atom stereocenters. The van der Waals surface area contributed by atoms with Crippen LogP contribution >= 0.6 is 11.6 Å². The van der Waals surface area contributed by atoms with Gasteiger partial charge in [-0.05, 0) is 55.2 Å². The molecule has 0 unspecified atom stereocenters. The number of hydrogen-bond acceptors (Lipinski definition) is 0. The predicted octanol–water partition coefficient (Wildman–Crippen LogP) is 4.85. The molecule has 16 heavy (non-hydrogen) atoms. The summed E-state index contributed by atoms with van der Waals surface area (Å²) in [5, 5.41) is 0. The van der Waals surface area contributed by atoms with Crippen molar-refractivity contribution in [3.05, 3.63) is 47.3 Å². The van der Waals surface area contributed by atoms with Crippen LogP contribution in [-0.4, -0.2) is 0 Å². The molecule has 0 heterocycles. The summed E-state index contributed by atoms with van der Waals surface area (Å²) in [6.45, 7) is 0. The highest BCUT2D eigenvalue weighted by atomic mass is 35.5. The summed E-state index contributed by atoms with van der Waals surface area (Å²) in [5.41, 5.74) is 2.90. The van der Waals surface area contributed by atoms with E-state index in [0.717, 1.165) is 0 Å². The van der Waals surface area contributed by atoms with Crippen LogP contribution in [0.25, 0.3) is 0 Å². The van der Waals surface area contributed by atoms with E-state index < -0.39 is 0 Å². The van der Waals surface area contributed by atoms with E-state index in [1.807, 2.05) is 12.1 Å². The highest BCUT2D eigenvalue weighted by Gasteiger charge is 2.20. The van der Waals surface area contributed by atoms with E-state index in [-0.39, 0.29) is 5.82 Å². The molecule has 1 saturated carbocycles. The molecular formula is C14H16ClF. The molecule has 0 spiro atoms. The quantitative estimate of drug-likeness (QED) is 0.691. The number of hydrogen-bond donors (Lipinski definition) is 0. The Balaban J connectivity index is 1.96. The Labute approximate surface area is 101 Å². The van der Waals surface area contributed by atoms with Gasteiger partial charge in [-0.15, -0.1) is 0 Å². The molecule has 1 fully saturated rings. The lowest BCUT2D eigenvalue weighted by molar-refractivity contribution is 0.376. The highest BCUT2D eigenvalue weighted by molar-refractivity contribution is 6.25. The average molecular weight is 239 g/mol. The maximum Gasteiger partial charge on any atom is 0.123 e. The van der Waals surface area contributed by atoms with Crippen molar-refractivity contribution in [2.24, 2.45) is 5.92 Å². The van der Waals surface area contributed by atoms with Crippen molar-refractivity contribution >= 4 is 11.6 Å². The van der Waals surface area contributed by atoms with Crippen molar-refractivity contribution in [3.8, 4) is 0 Å². The molecule has 1 aromatic rings. The molecule has 0 amide bonds. The van der Waals surface area contributed by atoms with Gasteiger partial charge in [0.15, 0.2) is 0 Å². The molecule has 1 aliphatic rings. The molecule has 0 bridgehead atoms. The zero-order chi connectivity index (χ0) is 11.4. The summed E-state index contributed by atoms with van der Waals surface area (Å²) < 4.78 is 12.8. The van der Waals surface area contributed by atoms with Gasteiger partial charge < -0.3 is 0 Å². The van der Waals surface area contributed by atoms with Gasteiger partial charge in [-0.1, -0.05) is 29.8 Å². The third-order valence-corrected chi connectivity index (χ3v) is 3.60. The van der Waals surface area contributed by atoms with Gasteiger partial charge >= 0.3 is 0 Å². The van der Waals surface area contributed by atoms with Crippen LogP contribution in [-0.2, 0) is 0 Å². The number of benzene rings is 1. The van der Waals surface area contributed by atoms with E-state index in [1.165, 1.54) is 31.2 Å². The van der Waals surface area contributed by atoms with E-state index in [0.29, 0.717) is 11.8 Å². The second-order valence-corrected chi connectivity index (χ2v) is 4.73. The van der Waals surface area contributed by atoms with Crippen molar-refractivity contribution in [1.82, 2.24) is 0 Å². The second-order valence-electron chi connectivity index (χ2n) is 4.48. The molecule has 0 radical (unpaired) electrons. The monoisotopic (exact) mass is 238 g/mol. The minimum absolute atomic E-state index is 0.150. The molecule has 0 nitrogen and oxygen atoms in total. The maximum atomic E-state index is 12.8. The predicted molar refractivity (Wildman–Crippen MR) is 66.1 cm³/mol. The zero-order valence-corrected chi connectivity index (χ0v) is 9.96. The molecule has 0 aliphatic heterocycles. The Bertz CT molecular complexity index is 348. The topological polar surface area (TPSA) is 0 Å². The van der Waals surface area contributed by atoms with Crippen molar-refractivity contribution in [3.63, 3.8) is 0 Å². The lowest BCUT2D eigenvalue weighted by Crippen LogP contribution is -2.11. The fourth-order valence-electron chi connectivity index (χ4n) is 2.48. The summed E-state index contributed by atoms with van der Waals surface area (Å²) in [6.07, 6.45) is 6.81. The minimum Gasteiger partial charge on any atom is -0.207 e. The summed E-state index contributed by atoms with van der Waals surface area (Å²) in [7, 11) is 0. The highest BCUT2D eigenvalue weighted by Crippen LogP contribution is 2.36. The first-order valence-corrected chi connectivity index (χ1v) is 6.25. The molecule has 2 heteroatoms. The van der Waals surface area contributed by atoms with Crippen molar-refractivity contribution in [2.75, 3.05) is 0 Å². The Morgan fingerprint density at radius 1 is 1.06 bits per heavy atom. The largest absolute Gasteiger partial charge is 0.207 e. The standard InChI is InChI=1S/C14H16ClF/c15-10-9-11-1-3-12(4-2-11)13-5-7-14(16)8-6-13/h5-12H,1-4H2/b10-9+. The van der Waals surface area contributed by atoms with Crippen LogP contribution in [0.5, 0.6) is 0 Å². The van der Waals surface area contributed by atoms with Gasteiger partial charge in [-0.25, -0.2) is 4.39 Å². The lowest BCUT2D eigenvalue weighted by Gasteiger charge is -2.26. The van der Waals surface area contributed by atoms with E-state index in [4.69, 9.17) is 11.6 Å². The van der Waals surface area contributed by atoms with Gasteiger partial charge in [0, 0.05) is 5.54 Å². The van der Waals surface area contributed by atoms with E-state index in [2.05, 4.69) is 6.08 Å². The van der Waals surface area contributed by atoms with Crippen molar-refractivity contribution in [2.45, 2.75) is 31.6 Å². The van der Waals surface area contributed by atoms with Crippen LogP contribution in [0, 0.1) is 11.7 Å². The van der Waals surface area contributed by atoms with Gasteiger partial charge in [0.25, 0.3) is 0 Å². The summed E-state index contributed by atoms with van der Waals surface area (Å²) >= 11 is 5.58. The lowest BCUT2D eigenvalue weighted by atomic mass is 9.79. The zero-order valence-electron chi connectivity index (χ0n) is 9.20. The molecule has 1 aliphatic carbocycles. The van der Waals surface area contributed by atoms with Crippen LogP contribution in [0.3, 0.4) is 0 Å². The van der Waals surface area contributed by atoms with Crippen molar-refractivity contribution < 1.29 is 4.39 Å². The molecule has 0 N–H and O–H groups in total. The first kappa shape index (κ1) is 11.7. The molecular weight excluding hydrogens is 223 g/mol. The van der Waals surface area contributed by atoms with Crippen LogP contribution in [0.15, 0.2) is 35.9 Å². The third-order valence-electron chi connectivity index (χ3n) is 3.46. The Morgan fingerprint density at radius 3 is 2.25 bits per heavy atom. The minimum atomic E-state index is -0.150. The second kappa shape index (κ2) is 5.49. The average Bonchev–Trinajstić information content (AvgIpc) is 2.32. The molecule has 0 aromatic heterocycles. The van der Waals surface area contributed by atoms with Gasteiger partial charge in [0.1, 0.15) is 5.82 Å². The van der Waals surface area contributed by atoms with Gasteiger partial charge in [-0.2, -0.15) is 0 Å². The third kappa shape index (κ3) is 2.85. The summed E-state index contributed by atoms with van der Waals surface area (Å²) in [6, 6.07) is 6.94. The van der Waals surface area contributed by atoms with E-state index in [9.17, 15) is 4.39 Å². The van der Waals surface area contributed by atoms with Crippen LogP contribution in [0.1, 0.15) is 37.2 Å². The Hall–Kier alpha value is -0.820. The Morgan fingerprint density at radius 2 is 1.69 bits per heavy atom. The van der Waals surface area contributed by atoms with Gasteiger partial charge in [-0.3, -0.25) is 0 Å². The van der Waals surface area contributed by atoms with Gasteiger partial charge in [0.05, 0.1) is 0 Å². The van der Waals surface area contributed by atoms with Crippen molar-refractivity contribution in [1.29, 1.82) is 0 Å². The van der Waals surface area contributed by atoms with Gasteiger partial charge in [0.2, 0.25) is 0 Å². The fourth-order valence-corrected chi connectivity index (χ4v) is 2.69. The fraction of sp³-hybridized carbons (Fsp3) is 0.429. The smallest absolute Gasteiger partial charge is 0.123 e. The molecule has 86 valence electrons. The first-order chi connectivity index (χ1) is 7.79. The molecule has 1 aromatic carbocycles.